The van der Waals surface area contributed by atoms with E-state index in [0.29, 0.717) is 0 Å². The van der Waals surface area contributed by atoms with Gasteiger partial charge in [0.1, 0.15) is 0 Å². The molecule has 0 amide bonds. The van der Waals surface area contributed by atoms with E-state index >= 15 is 0 Å². The quantitative estimate of drug-likeness (QED) is 0.343. The van der Waals surface area contributed by atoms with Crippen molar-refractivity contribution in [1.29, 1.82) is 0 Å². The fraction of sp³-hybridized carbons (Fsp3) is 0.818. The topological polar surface area (TPSA) is 0 Å². The maximum Gasteiger partial charge on any atom is 0.0379 e. The summed E-state index contributed by atoms with van der Waals surface area (Å²) >= 11 is 0. The molecule has 73 valence electrons. The van der Waals surface area contributed by atoms with Gasteiger partial charge in [-0.1, -0.05) is 51.6 Å². The number of unbranched alkanes of at least 4 members (excludes halogenated alkanes) is 3. The van der Waals surface area contributed by atoms with Crippen molar-refractivity contribution in [2.24, 2.45) is 0 Å². The van der Waals surface area contributed by atoms with E-state index in [0.717, 1.165) is 0 Å². The second-order valence-corrected chi connectivity index (χ2v) is 6.56. The highest BCUT2D eigenvalue weighted by Crippen LogP contribution is 1.98. The highest BCUT2D eigenvalue weighted by Gasteiger charge is 1.78. The van der Waals surface area contributed by atoms with Gasteiger partial charge in [-0.15, -0.1) is 0 Å². The second-order valence-electron chi connectivity index (χ2n) is 3.56. The first kappa shape index (κ1) is 14.5. The van der Waals surface area contributed by atoms with Crippen molar-refractivity contribution < 1.29 is 0 Å². The molecule has 0 spiro atoms. The minimum atomic E-state index is 0.120. The average molecular weight is 185 g/mol. The molecule has 12 heavy (non-hydrogen) atoms. The first-order chi connectivity index (χ1) is 5.65. The smallest absolute Gasteiger partial charge is 0.0379 e. The largest absolute Gasteiger partial charge is 0.0917 e. The molecule has 0 aromatic carbocycles. The van der Waals surface area contributed by atoms with Crippen LogP contribution in [0.5, 0.6) is 0 Å². The molecular weight excluding hydrogens is 160 g/mol. The van der Waals surface area contributed by atoms with Gasteiger partial charge in [0.15, 0.2) is 0 Å². The van der Waals surface area contributed by atoms with Gasteiger partial charge in [0.2, 0.25) is 0 Å². The van der Waals surface area contributed by atoms with Crippen LogP contribution < -0.4 is 0 Å². The standard InChI is InChI=1S/C8H16.C3H9Si/c1-3-5-7-8-6-4-2;1-4(2)3/h3,5H,4,6-8H2,1-2H3;1-3H3. The van der Waals surface area contributed by atoms with Crippen LogP contribution >= 0.6 is 0 Å². The summed E-state index contributed by atoms with van der Waals surface area (Å²) in [4.78, 5) is 0. The molecule has 1 heteroatoms. The zero-order valence-electron chi connectivity index (χ0n) is 9.48. The minimum absolute atomic E-state index is 0.120. The van der Waals surface area contributed by atoms with Crippen LogP contribution in [0.15, 0.2) is 12.2 Å². The lowest BCUT2D eigenvalue weighted by Crippen LogP contribution is -1.84. The normalized spacial score (nSPS) is 10.2. The zero-order valence-corrected chi connectivity index (χ0v) is 10.5. The molecular formula is C11H25Si. The summed E-state index contributed by atoms with van der Waals surface area (Å²) in [6.07, 6.45) is 9.69. The monoisotopic (exact) mass is 185 g/mol. The molecule has 0 atom stereocenters. The first-order valence-electron chi connectivity index (χ1n) is 5.03. The van der Waals surface area contributed by atoms with E-state index in [9.17, 15) is 0 Å². The van der Waals surface area contributed by atoms with Gasteiger partial charge >= 0.3 is 0 Å². The van der Waals surface area contributed by atoms with Crippen LogP contribution in [-0.2, 0) is 0 Å². The Hall–Kier alpha value is -0.0431. The van der Waals surface area contributed by atoms with Crippen molar-refractivity contribution in [2.75, 3.05) is 0 Å². The molecule has 0 unspecified atom stereocenters. The van der Waals surface area contributed by atoms with Crippen LogP contribution in [0.3, 0.4) is 0 Å². The van der Waals surface area contributed by atoms with E-state index in [1.807, 2.05) is 0 Å². The predicted molar refractivity (Wildman–Crippen MR) is 62.3 cm³/mol. The van der Waals surface area contributed by atoms with Crippen LogP contribution in [0, 0.1) is 0 Å². The molecule has 0 nitrogen and oxygen atoms in total. The molecule has 0 rings (SSSR count). The average Bonchev–Trinajstić information content (AvgIpc) is 1.97. The van der Waals surface area contributed by atoms with Crippen molar-refractivity contribution in [3.63, 3.8) is 0 Å². The Morgan fingerprint density at radius 2 is 1.58 bits per heavy atom. The van der Waals surface area contributed by atoms with E-state index in [1.165, 1.54) is 25.7 Å². The number of hydrogen-bond donors (Lipinski definition) is 0. The van der Waals surface area contributed by atoms with Crippen molar-refractivity contribution >= 4 is 8.80 Å². The molecule has 0 saturated carbocycles. The fourth-order valence-electron chi connectivity index (χ4n) is 0.679. The molecule has 1 radical (unpaired) electrons. The maximum absolute atomic E-state index is 2.27. The van der Waals surface area contributed by atoms with E-state index in [-0.39, 0.29) is 8.80 Å². The van der Waals surface area contributed by atoms with Crippen LogP contribution in [0.2, 0.25) is 19.6 Å². The van der Waals surface area contributed by atoms with Crippen LogP contribution in [0.4, 0.5) is 0 Å². The number of hydrogen-bond acceptors (Lipinski definition) is 0. The SMILES string of the molecule is CC=CCCCCC.C[Si](C)C. The van der Waals surface area contributed by atoms with Crippen LogP contribution in [-0.4, -0.2) is 8.80 Å². The summed E-state index contributed by atoms with van der Waals surface area (Å²) in [6, 6.07) is 0. The van der Waals surface area contributed by atoms with Crippen molar-refractivity contribution in [3.8, 4) is 0 Å². The predicted octanol–water partition coefficient (Wildman–Crippen LogP) is 4.51. The minimum Gasteiger partial charge on any atom is -0.0917 e. The Morgan fingerprint density at radius 3 is 1.92 bits per heavy atom. The van der Waals surface area contributed by atoms with Gasteiger partial charge in [0, 0.05) is 8.80 Å². The van der Waals surface area contributed by atoms with Gasteiger partial charge in [-0.25, -0.2) is 0 Å². The summed E-state index contributed by atoms with van der Waals surface area (Å²) in [7, 11) is 0.120. The Balaban J connectivity index is 0. The molecule has 0 aliphatic rings. The molecule has 0 bridgehead atoms. The van der Waals surface area contributed by atoms with E-state index in [2.05, 4.69) is 45.6 Å². The molecule has 0 N–H and O–H groups in total. The first-order valence-corrected chi connectivity index (χ1v) is 8.03. The molecule has 0 aromatic heterocycles. The van der Waals surface area contributed by atoms with Gasteiger partial charge < -0.3 is 0 Å². The van der Waals surface area contributed by atoms with Gasteiger partial charge in [-0.05, 0) is 19.8 Å². The number of rotatable bonds is 4. The van der Waals surface area contributed by atoms with Crippen molar-refractivity contribution in [1.82, 2.24) is 0 Å². The zero-order chi connectivity index (χ0) is 9.82. The third-order valence-electron chi connectivity index (χ3n) is 1.21. The third-order valence-corrected chi connectivity index (χ3v) is 1.21. The maximum atomic E-state index is 2.27. The van der Waals surface area contributed by atoms with Crippen molar-refractivity contribution in [2.45, 2.75) is 59.2 Å². The highest BCUT2D eigenvalue weighted by atomic mass is 28.3. The highest BCUT2D eigenvalue weighted by molar-refractivity contribution is 6.54. The van der Waals surface area contributed by atoms with Gasteiger partial charge in [0.25, 0.3) is 0 Å². The van der Waals surface area contributed by atoms with Crippen LogP contribution in [0.1, 0.15) is 39.5 Å². The molecule has 0 saturated heterocycles. The Bertz CT molecular complexity index is 82.3. The van der Waals surface area contributed by atoms with Crippen molar-refractivity contribution in [3.05, 3.63) is 12.2 Å². The third kappa shape index (κ3) is 32.5. The van der Waals surface area contributed by atoms with Crippen LogP contribution in [0.25, 0.3) is 0 Å². The van der Waals surface area contributed by atoms with Gasteiger partial charge in [0.05, 0.1) is 0 Å². The summed E-state index contributed by atoms with van der Waals surface area (Å²) in [5.74, 6) is 0. The summed E-state index contributed by atoms with van der Waals surface area (Å²) in [5.41, 5.74) is 0. The molecule has 0 aliphatic carbocycles. The molecule has 0 heterocycles. The molecule has 0 aromatic rings. The Morgan fingerprint density at radius 1 is 1.08 bits per heavy atom. The van der Waals surface area contributed by atoms with Gasteiger partial charge in [-0.3, -0.25) is 0 Å². The lowest BCUT2D eigenvalue weighted by molar-refractivity contribution is 0.729. The summed E-state index contributed by atoms with van der Waals surface area (Å²) in [5, 5.41) is 0. The Labute approximate surface area is 80.7 Å². The van der Waals surface area contributed by atoms with E-state index in [4.69, 9.17) is 0 Å². The lowest BCUT2D eigenvalue weighted by Gasteiger charge is -1.88. The summed E-state index contributed by atoms with van der Waals surface area (Å²) in [6.45, 7) is 11.1. The second kappa shape index (κ2) is 13.5. The summed E-state index contributed by atoms with van der Waals surface area (Å²) < 4.78 is 0. The lowest BCUT2D eigenvalue weighted by atomic mass is 10.2. The molecule has 0 aliphatic heterocycles. The Kier molecular flexibility index (Phi) is 16.3. The van der Waals surface area contributed by atoms with Gasteiger partial charge in [-0.2, -0.15) is 0 Å². The van der Waals surface area contributed by atoms with E-state index in [1.54, 1.807) is 0 Å². The molecule has 0 fully saturated rings. The van der Waals surface area contributed by atoms with E-state index < -0.39 is 0 Å². The fourth-order valence-corrected chi connectivity index (χ4v) is 0.679. The number of allylic oxidation sites excluding steroid dienone is 2.